The van der Waals surface area contributed by atoms with Gasteiger partial charge in [0.2, 0.25) is 0 Å². The number of carbonyl (C=O) groups is 1. The first-order chi connectivity index (χ1) is 11.8. The van der Waals surface area contributed by atoms with E-state index in [2.05, 4.69) is 26.4 Å². The quantitative estimate of drug-likeness (QED) is 0.911. The zero-order valence-electron chi connectivity index (χ0n) is 14.0. The van der Waals surface area contributed by atoms with Crippen molar-refractivity contribution in [2.24, 2.45) is 0 Å². The van der Waals surface area contributed by atoms with Crippen molar-refractivity contribution < 1.29 is 4.79 Å². The molecule has 1 aliphatic carbocycles. The number of benzene rings is 1. The van der Waals surface area contributed by atoms with Gasteiger partial charge >= 0.3 is 0 Å². The molecule has 3 heterocycles. The number of aromatic nitrogens is 1. The first-order valence-electron chi connectivity index (χ1n) is 9.25. The summed E-state index contributed by atoms with van der Waals surface area (Å²) in [5.41, 5.74) is 11.0. The highest BCUT2D eigenvalue weighted by Gasteiger charge is 2.32. The Morgan fingerprint density at radius 1 is 1.12 bits per heavy atom. The second-order valence-electron chi connectivity index (χ2n) is 7.30. The number of carbonyl (C=O) groups excluding carboxylic acids is 1. The maximum atomic E-state index is 12.5. The number of hydrogen-bond donors (Lipinski definition) is 2. The second kappa shape index (κ2) is 5.60. The molecule has 5 nitrogen and oxygen atoms in total. The van der Waals surface area contributed by atoms with Gasteiger partial charge in [-0.25, -0.2) is 5.43 Å². The first-order valence-corrected chi connectivity index (χ1v) is 9.25. The molecule has 1 fully saturated rings. The summed E-state index contributed by atoms with van der Waals surface area (Å²) in [4.78, 5) is 15.0. The van der Waals surface area contributed by atoms with Gasteiger partial charge in [-0.15, -0.1) is 0 Å². The number of likely N-dealkylation sites (tertiary alicyclic amines) is 1. The molecule has 1 atom stereocenters. The Hall–Kier alpha value is -1.85. The van der Waals surface area contributed by atoms with Crippen molar-refractivity contribution >= 4 is 16.8 Å². The number of rotatable bonds is 3. The molecule has 3 aliphatic rings. The summed E-state index contributed by atoms with van der Waals surface area (Å²) in [6.07, 6.45) is 6.06. The maximum Gasteiger partial charge on any atom is 0.266 e. The van der Waals surface area contributed by atoms with Crippen molar-refractivity contribution in [3.05, 3.63) is 35.0 Å². The van der Waals surface area contributed by atoms with Crippen LogP contribution < -0.4 is 10.9 Å². The molecule has 0 spiro atoms. The van der Waals surface area contributed by atoms with Gasteiger partial charge in [-0.3, -0.25) is 10.2 Å². The summed E-state index contributed by atoms with van der Waals surface area (Å²) in [5, 5.41) is 1.18. The molecular weight excluding hydrogens is 300 g/mol. The first kappa shape index (κ1) is 14.5. The SMILES string of the molecule is O=C1NNC2CCCc3c2c2c1cccc2n3CCN1CCCC1. The third kappa shape index (κ3) is 2.11. The van der Waals surface area contributed by atoms with Gasteiger partial charge < -0.3 is 9.47 Å². The van der Waals surface area contributed by atoms with Gasteiger partial charge in [-0.2, -0.15) is 0 Å². The largest absolute Gasteiger partial charge is 0.343 e. The van der Waals surface area contributed by atoms with E-state index in [-0.39, 0.29) is 11.9 Å². The minimum absolute atomic E-state index is 0.00510. The molecule has 0 bridgehead atoms. The Morgan fingerprint density at radius 2 is 2.00 bits per heavy atom. The normalized spacial score (nSPS) is 23.5. The molecule has 24 heavy (non-hydrogen) atoms. The van der Waals surface area contributed by atoms with Crippen LogP contribution in [0.4, 0.5) is 0 Å². The third-order valence-corrected chi connectivity index (χ3v) is 5.94. The molecule has 0 saturated carbocycles. The fourth-order valence-electron chi connectivity index (χ4n) is 4.80. The van der Waals surface area contributed by atoms with E-state index in [1.54, 1.807) is 0 Å². The van der Waals surface area contributed by atoms with E-state index in [4.69, 9.17) is 0 Å². The molecule has 5 rings (SSSR count). The number of hydrogen-bond acceptors (Lipinski definition) is 3. The van der Waals surface area contributed by atoms with Crippen LogP contribution in [0.25, 0.3) is 10.9 Å². The van der Waals surface area contributed by atoms with Gasteiger partial charge in [-0.1, -0.05) is 6.07 Å². The summed E-state index contributed by atoms with van der Waals surface area (Å²) in [7, 11) is 0. The summed E-state index contributed by atoms with van der Waals surface area (Å²) < 4.78 is 2.50. The molecule has 1 aromatic carbocycles. The minimum Gasteiger partial charge on any atom is -0.343 e. The van der Waals surface area contributed by atoms with Crippen molar-refractivity contribution in [1.82, 2.24) is 20.3 Å². The highest BCUT2D eigenvalue weighted by molar-refractivity contribution is 6.09. The van der Waals surface area contributed by atoms with Gasteiger partial charge in [-0.05, 0) is 57.3 Å². The van der Waals surface area contributed by atoms with E-state index in [1.807, 2.05) is 12.1 Å². The monoisotopic (exact) mass is 324 g/mol. The highest BCUT2D eigenvalue weighted by Crippen LogP contribution is 2.40. The maximum absolute atomic E-state index is 12.5. The van der Waals surface area contributed by atoms with Crippen LogP contribution in [0.5, 0.6) is 0 Å². The summed E-state index contributed by atoms with van der Waals surface area (Å²) in [6.45, 7) is 4.62. The Bertz CT molecular complexity index is 803. The van der Waals surface area contributed by atoms with Crippen LogP contribution >= 0.6 is 0 Å². The van der Waals surface area contributed by atoms with Crippen LogP contribution in [0.3, 0.4) is 0 Å². The number of nitrogens with zero attached hydrogens (tertiary/aromatic N) is 2. The predicted octanol–water partition coefficient (Wildman–Crippen LogP) is 2.36. The van der Waals surface area contributed by atoms with Crippen molar-refractivity contribution in [2.75, 3.05) is 19.6 Å². The fourth-order valence-corrected chi connectivity index (χ4v) is 4.80. The van der Waals surface area contributed by atoms with Crippen LogP contribution in [0.15, 0.2) is 18.2 Å². The lowest BCUT2D eigenvalue weighted by Gasteiger charge is -2.25. The van der Waals surface area contributed by atoms with Crippen molar-refractivity contribution in [2.45, 2.75) is 44.7 Å². The lowest BCUT2D eigenvalue weighted by atomic mass is 9.90. The molecule has 126 valence electrons. The molecule has 0 radical (unpaired) electrons. The molecular formula is C19H24N4O. The summed E-state index contributed by atoms with van der Waals surface area (Å²) in [6, 6.07) is 6.42. The van der Waals surface area contributed by atoms with Crippen LogP contribution in [-0.4, -0.2) is 35.0 Å². The van der Waals surface area contributed by atoms with Crippen LogP contribution in [0.1, 0.15) is 53.3 Å². The highest BCUT2D eigenvalue weighted by atomic mass is 16.2. The topological polar surface area (TPSA) is 49.3 Å². The molecule has 1 aromatic heterocycles. The molecule has 1 amide bonds. The average Bonchev–Trinajstić information content (AvgIpc) is 3.20. The Morgan fingerprint density at radius 3 is 2.88 bits per heavy atom. The van der Waals surface area contributed by atoms with E-state index in [0.717, 1.165) is 31.5 Å². The van der Waals surface area contributed by atoms with Crippen molar-refractivity contribution in [3.63, 3.8) is 0 Å². The lowest BCUT2D eigenvalue weighted by Crippen LogP contribution is -2.39. The second-order valence-corrected chi connectivity index (χ2v) is 7.30. The van der Waals surface area contributed by atoms with Gasteiger partial charge in [0.15, 0.2) is 0 Å². The van der Waals surface area contributed by atoms with Crippen LogP contribution in [0.2, 0.25) is 0 Å². The standard InChI is InChI=1S/C19H24N4O/c24-19-13-5-3-7-15-17(13)18-14(20-21-19)6-4-8-16(18)23(15)12-11-22-9-1-2-10-22/h3,5,7,14,20H,1-2,4,6,8-12H2,(H,21,24). The predicted molar refractivity (Wildman–Crippen MR) is 93.9 cm³/mol. The van der Waals surface area contributed by atoms with E-state index in [1.165, 1.54) is 54.5 Å². The number of hydrazine groups is 1. The third-order valence-electron chi connectivity index (χ3n) is 5.94. The summed E-state index contributed by atoms with van der Waals surface area (Å²) >= 11 is 0. The Kier molecular flexibility index (Phi) is 3.38. The van der Waals surface area contributed by atoms with E-state index in [0.29, 0.717) is 0 Å². The van der Waals surface area contributed by atoms with Crippen molar-refractivity contribution in [3.8, 4) is 0 Å². The van der Waals surface area contributed by atoms with E-state index < -0.39 is 0 Å². The lowest BCUT2D eigenvalue weighted by molar-refractivity contribution is 0.0928. The molecule has 5 heteroatoms. The zero-order valence-corrected chi connectivity index (χ0v) is 14.0. The number of nitrogens with one attached hydrogen (secondary N) is 2. The smallest absolute Gasteiger partial charge is 0.266 e. The molecule has 2 N–H and O–H groups in total. The van der Waals surface area contributed by atoms with Gasteiger partial charge in [0.05, 0.1) is 11.6 Å². The molecule has 2 aliphatic heterocycles. The van der Waals surface area contributed by atoms with Crippen LogP contribution in [-0.2, 0) is 13.0 Å². The van der Waals surface area contributed by atoms with E-state index in [9.17, 15) is 4.79 Å². The van der Waals surface area contributed by atoms with Crippen molar-refractivity contribution in [1.29, 1.82) is 0 Å². The van der Waals surface area contributed by atoms with Gasteiger partial charge in [0, 0.05) is 35.2 Å². The Balaban J connectivity index is 1.65. The van der Waals surface area contributed by atoms with Crippen LogP contribution in [0, 0.1) is 0 Å². The fraction of sp³-hybridized carbons (Fsp3) is 0.526. The Labute approximate surface area is 142 Å². The average molecular weight is 324 g/mol. The molecule has 2 aromatic rings. The number of amides is 1. The summed E-state index contributed by atoms with van der Waals surface area (Å²) in [5.74, 6) is -0.00510. The van der Waals surface area contributed by atoms with E-state index >= 15 is 0 Å². The minimum atomic E-state index is -0.00510. The zero-order chi connectivity index (χ0) is 16.1. The molecule has 1 saturated heterocycles. The van der Waals surface area contributed by atoms with Gasteiger partial charge in [0.25, 0.3) is 5.91 Å². The molecule has 1 unspecified atom stereocenters. The van der Waals surface area contributed by atoms with Gasteiger partial charge in [0.1, 0.15) is 0 Å².